The van der Waals surface area contributed by atoms with Crippen molar-refractivity contribution in [2.75, 3.05) is 10.5 Å². The maximum Gasteiger partial charge on any atom is 0.267 e. The van der Waals surface area contributed by atoms with E-state index in [1.54, 1.807) is 25.1 Å². The first kappa shape index (κ1) is 12.5. The van der Waals surface area contributed by atoms with Gasteiger partial charge in [-0.3, -0.25) is 9.82 Å². The first-order chi connectivity index (χ1) is 9.45. The van der Waals surface area contributed by atoms with Crippen molar-refractivity contribution in [1.29, 1.82) is 0 Å². The fraction of sp³-hybridized carbons (Fsp3) is 0.0909. The predicted molar refractivity (Wildman–Crippen MR) is 72.6 cm³/mol. The fourth-order valence-electron chi connectivity index (χ4n) is 1.82. The average molecular weight is 293 g/mol. The van der Waals surface area contributed by atoms with Crippen LogP contribution in [0.1, 0.15) is 5.89 Å². The quantitative estimate of drug-likeness (QED) is 0.666. The van der Waals surface area contributed by atoms with Gasteiger partial charge in [-0.25, -0.2) is 13.4 Å². The Balaban J connectivity index is 1.98. The van der Waals surface area contributed by atoms with Gasteiger partial charge in [0, 0.05) is 6.92 Å². The van der Waals surface area contributed by atoms with E-state index in [2.05, 4.69) is 19.9 Å². The number of nitrogen functional groups attached to an aromatic ring is 1. The summed E-state index contributed by atoms with van der Waals surface area (Å²) in [5.74, 6) is 0.495. The third kappa shape index (κ3) is 2.07. The van der Waals surface area contributed by atoms with Gasteiger partial charge in [-0.05, 0) is 18.2 Å². The average Bonchev–Trinajstić information content (AvgIpc) is 2.93. The molecule has 0 atom stereocenters. The summed E-state index contributed by atoms with van der Waals surface area (Å²) in [6.07, 6.45) is 1.15. The van der Waals surface area contributed by atoms with E-state index >= 15 is 0 Å². The van der Waals surface area contributed by atoms with Crippen molar-refractivity contribution in [3.05, 3.63) is 30.3 Å². The zero-order chi connectivity index (χ0) is 14.3. The van der Waals surface area contributed by atoms with Crippen LogP contribution in [-0.4, -0.2) is 23.6 Å². The van der Waals surface area contributed by atoms with E-state index in [1.807, 2.05) is 0 Å². The number of aromatic amines is 1. The highest BCUT2D eigenvalue weighted by atomic mass is 32.2. The molecule has 104 valence electrons. The van der Waals surface area contributed by atoms with Gasteiger partial charge >= 0.3 is 0 Å². The van der Waals surface area contributed by atoms with Crippen LogP contribution in [-0.2, 0) is 10.0 Å². The fourth-order valence-corrected chi connectivity index (χ4v) is 2.89. The van der Waals surface area contributed by atoms with Crippen molar-refractivity contribution in [1.82, 2.24) is 15.2 Å². The molecular formula is C11H11N5O3S. The Morgan fingerprint density at radius 2 is 2.20 bits per heavy atom. The Morgan fingerprint density at radius 1 is 1.40 bits per heavy atom. The first-order valence-electron chi connectivity index (χ1n) is 5.64. The maximum absolute atomic E-state index is 12.1. The molecule has 3 aromatic rings. The maximum atomic E-state index is 12.1. The van der Waals surface area contributed by atoms with Crippen molar-refractivity contribution in [2.45, 2.75) is 11.8 Å². The second-order valence-electron chi connectivity index (χ2n) is 4.17. The van der Waals surface area contributed by atoms with Crippen LogP contribution in [0.5, 0.6) is 0 Å². The number of fused-ring (bicyclic) bond motifs is 1. The summed E-state index contributed by atoms with van der Waals surface area (Å²) in [5.41, 5.74) is 7.04. The molecule has 0 aliphatic heterocycles. The van der Waals surface area contributed by atoms with Gasteiger partial charge in [-0.2, -0.15) is 5.10 Å². The third-order valence-electron chi connectivity index (χ3n) is 2.67. The second-order valence-corrected chi connectivity index (χ2v) is 5.82. The lowest BCUT2D eigenvalue weighted by Crippen LogP contribution is -2.13. The molecule has 1 aromatic carbocycles. The lowest BCUT2D eigenvalue weighted by molar-refractivity contribution is 0.561. The van der Waals surface area contributed by atoms with E-state index < -0.39 is 10.0 Å². The molecule has 8 nitrogen and oxygen atoms in total. The van der Waals surface area contributed by atoms with Crippen molar-refractivity contribution in [2.24, 2.45) is 0 Å². The number of rotatable bonds is 3. The van der Waals surface area contributed by atoms with Crippen molar-refractivity contribution in [3.8, 4) is 0 Å². The Kier molecular flexibility index (Phi) is 2.64. The molecule has 9 heteroatoms. The van der Waals surface area contributed by atoms with Gasteiger partial charge in [0.1, 0.15) is 16.2 Å². The standard InChI is InChI=1S/C11H11N5O3S/c1-6-14-8-4-7(2-3-9(8)19-6)16-20(17,18)10-5-13-15-11(10)12/h2-5,16H,1H3,(H3,12,13,15). The molecule has 0 aliphatic carbocycles. The van der Waals surface area contributed by atoms with Crippen LogP contribution in [0, 0.1) is 6.92 Å². The number of nitrogens with zero attached hydrogens (tertiary/aromatic N) is 2. The minimum absolute atomic E-state index is 0.0177. The molecule has 0 saturated heterocycles. The van der Waals surface area contributed by atoms with Crippen LogP contribution in [0.4, 0.5) is 11.5 Å². The molecule has 0 fully saturated rings. The van der Waals surface area contributed by atoms with Gasteiger partial charge in [0.25, 0.3) is 10.0 Å². The summed E-state index contributed by atoms with van der Waals surface area (Å²) in [4.78, 5) is 4.04. The molecule has 0 aliphatic rings. The van der Waals surface area contributed by atoms with Crippen molar-refractivity contribution in [3.63, 3.8) is 0 Å². The highest BCUT2D eigenvalue weighted by Gasteiger charge is 2.19. The van der Waals surface area contributed by atoms with Crippen LogP contribution < -0.4 is 10.5 Å². The zero-order valence-corrected chi connectivity index (χ0v) is 11.2. The monoisotopic (exact) mass is 293 g/mol. The number of sulfonamides is 1. The normalized spacial score (nSPS) is 11.8. The van der Waals surface area contributed by atoms with Gasteiger partial charge in [0.15, 0.2) is 11.5 Å². The molecule has 2 aromatic heterocycles. The van der Waals surface area contributed by atoms with Gasteiger partial charge in [0.05, 0.1) is 11.9 Å². The highest BCUT2D eigenvalue weighted by molar-refractivity contribution is 7.92. The number of hydrogen-bond donors (Lipinski definition) is 3. The minimum Gasteiger partial charge on any atom is -0.441 e. The number of aromatic nitrogens is 3. The third-order valence-corrected chi connectivity index (χ3v) is 4.08. The topological polar surface area (TPSA) is 127 Å². The Hall–Kier alpha value is -2.55. The molecule has 2 heterocycles. The summed E-state index contributed by atoms with van der Waals surface area (Å²) in [6.45, 7) is 1.72. The number of oxazole rings is 1. The molecule has 3 rings (SSSR count). The van der Waals surface area contributed by atoms with Crippen LogP contribution in [0.15, 0.2) is 33.7 Å². The van der Waals surface area contributed by atoms with E-state index in [9.17, 15) is 8.42 Å². The van der Waals surface area contributed by atoms with Gasteiger partial charge in [-0.15, -0.1) is 0 Å². The van der Waals surface area contributed by atoms with Crippen molar-refractivity contribution >= 4 is 32.6 Å². The molecule has 0 radical (unpaired) electrons. The number of nitrogens with one attached hydrogen (secondary N) is 2. The summed E-state index contributed by atoms with van der Waals surface area (Å²) in [5, 5.41) is 5.96. The molecular weight excluding hydrogens is 282 g/mol. The largest absolute Gasteiger partial charge is 0.441 e. The zero-order valence-electron chi connectivity index (χ0n) is 10.4. The molecule has 0 bridgehead atoms. The van der Waals surface area contributed by atoms with E-state index in [1.165, 1.54) is 0 Å². The van der Waals surface area contributed by atoms with E-state index in [-0.39, 0.29) is 10.7 Å². The SMILES string of the molecule is Cc1nc2cc(NS(=O)(=O)c3cn[nH]c3N)ccc2o1. The predicted octanol–water partition coefficient (Wildman–Crippen LogP) is 1.24. The van der Waals surface area contributed by atoms with Gasteiger partial charge < -0.3 is 10.2 Å². The van der Waals surface area contributed by atoms with Crippen LogP contribution >= 0.6 is 0 Å². The number of nitrogens with two attached hydrogens (primary N) is 1. The van der Waals surface area contributed by atoms with E-state index in [0.29, 0.717) is 22.7 Å². The van der Waals surface area contributed by atoms with Crippen LogP contribution in [0.2, 0.25) is 0 Å². The molecule has 20 heavy (non-hydrogen) atoms. The Bertz CT molecular complexity index is 880. The van der Waals surface area contributed by atoms with Crippen molar-refractivity contribution < 1.29 is 12.8 Å². The summed E-state index contributed by atoms with van der Waals surface area (Å²) in [6, 6.07) is 4.81. The molecule has 4 N–H and O–H groups in total. The first-order valence-corrected chi connectivity index (χ1v) is 7.13. The Morgan fingerprint density at radius 3 is 2.90 bits per heavy atom. The van der Waals surface area contributed by atoms with Gasteiger partial charge in [0.2, 0.25) is 0 Å². The van der Waals surface area contributed by atoms with Crippen LogP contribution in [0.25, 0.3) is 11.1 Å². The van der Waals surface area contributed by atoms with Crippen LogP contribution in [0.3, 0.4) is 0 Å². The lowest BCUT2D eigenvalue weighted by atomic mass is 10.3. The summed E-state index contributed by atoms with van der Waals surface area (Å²) >= 11 is 0. The number of aryl methyl sites for hydroxylation is 1. The number of benzene rings is 1. The highest BCUT2D eigenvalue weighted by Crippen LogP contribution is 2.23. The van der Waals surface area contributed by atoms with Gasteiger partial charge in [-0.1, -0.05) is 0 Å². The molecule has 0 saturated carbocycles. The molecule has 0 unspecified atom stereocenters. The number of anilines is 2. The molecule has 0 amide bonds. The van der Waals surface area contributed by atoms with E-state index in [0.717, 1.165) is 6.20 Å². The Labute approximate surface area is 114 Å². The summed E-state index contributed by atoms with van der Waals surface area (Å²) in [7, 11) is -3.79. The number of hydrogen-bond acceptors (Lipinski definition) is 6. The minimum atomic E-state index is -3.79. The van der Waals surface area contributed by atoms with E-state index in [4.69, 9.17) is 10.2 Å². The number of H-pyrrole nitrogens is 1. The lowest BCUT2D eigenvalue weighted by Gasteiger charge is -2.06. The second kappa shape index (κ2) is 4.23. The summed E-state index contributed by atoms with van der Waals surface area (Å²) < 4.78 is 32.0. The smallest absolute Gasteiger partial charge is 0.267 e. The molecule has 0 spiro atoms.